The minimum Gasteiger partial charge on any atom is -0.481 e. The highest BCUT2D eigenvalue weighted by atomic mass is 16.4. The van der Waals surface area contributed by atoms with Crippen LogP contribution < -0.4 is 21.7 Å². The molecule has 0 aromatic carbocycles. The summed E-state index contributed by atoms with van der Waals surface area (Å²) >= 11 is 0. The lowest BCUT2D eigenvalue weighted by atomic mass is 9.94. The van der Waals surface area contributed by atoms with E-state index in [1.807, 2.05) is 13.8 Å². The molecule has 0 bridgehead atoms. The van der Waals surface area contributed by atoms with Gasteiger partial charge in [-0.3, -0.25) is 14.4 Å². The molecule has 8 heteroatoms. The first-order valence-corrected chi connectivity index (χ1v) is 8.23. The number of nitrogens with two attached hydrogens (primary N) is 1. The largest absolute Gasteiger partial charge is 0.481 e. The lowest BCUT2D eigenvalue weighted by molar-refractivity contribution is -0.140. The number of rotatable bonds is 11. The molecule has 0 radical (unpaired) electrons. The first-order chi connectivity index (χ1) is 11.3. The molecule has 3 atom stereocenters. The molecule has 3 unspecified atom stereocenters. The van der Waals surface area contributed by atoms with Crippen molar-refractivity contribution in [1.29, 1.82) is 0 Å². The molecule has 0 aliphatic heterocycles. The van der Waals surface area contributed by atoms with Crippen LogP contribution in [0, 0.1) is 5.92 Å². The van der Waals surface area contributed by atoms with Gasteiger partial charge in [0.25, 0.3) is 0 Å². The fourth-order valence-electron chi connectivity index (χ4n) is 2.46. The van der Waals surface area contributed by atoms with E-state index in [-0.39, 0.29) is 30.8 Å². The van der Waals surface area contributed by atoms with Crippen molar-refractivity contribution in [2.24, 2.45) is 11.7 Å². The van der Waals surface area contributed by atoms with Crippen LogP contribution in [0.4, 0.5) is 0 Å². The highest BCUT2D eigenvalue weighted by molar-refractivity contribution is 5.86. The quantitative estimate of drug-likeness (QED) is 0.351. The number of hydrogen-bond acceptors (Lipinski definition) is 5. The van der Waals surface area contributed by atoms with E-state index in [2.05, 4.69) is 16.0 Å². The Morgan fingerprint density at radius 1 is 1.29 bits per heavy atom. The van der Waals surface area contributed by atoms with E-state index >= 15 is 0 Å². The van der Waals surface area contributed by atoms with Crippen molar-refractivity contribution in [1.82, 2.24) is 16.0 Å². The molecule has 0 spiro atoms. The molecule has 1 saturated carbocycles. The standard InChI is InChI=1S/C16H28N4O4/c1-4-9(2)14(15(10-5-6-10)19-8-12(17)21)20-16(24)11(18-3)7-13(22)23/h9,11,14,18-19H,4-8H2,1-3H3,(H2,17,21)(H,20,24)(H,22,23). The van der Waals surface area contributed by atoms with Crippen LogP contribution in [0.5, 0.6) is 0 Å². The van der Waals surface area contributed by atoms with E-state index in [1.165, 1.54) is 5.57 Å². The Kier molecular flexibility index (Phi) is 7.70. The molecule has 8 nitrogen and oxygen atoms in total. The van der Waals surface area contributed by atoms with Crippen LogP contribution in [0.3, 0.4) is 0 Å². The normalized spacial score (nSPS) is 16.7. The Labute approximate surface area is 142 Å². The molecule has 136 valence electrons. The van der Waals surface area contributed by atoms with Crippen molar-refractivity contribution in [3.05, 3.63) is 11.3 Å². The maximum atomic E-state index is 12.4. The summed E-state index contributed by atoms with van der Waals surface area (Å²) in [5.41, 5.74) is 7.21. The van der Waals surface area contributed by atoms with Crippen LogP contribution in [0.25, 0.3) is 0 Å². The summed E-state index contributed by atoms with van der Waals surface area (Å²) in [7, 11) is 1.55. The molecule has 6 N–H and O–H groups in total. The van der Waals surface area contributed by atoms with Gasteiger partial charge in [0.15, 0.2) is 0 Å². The van der Waals surface area contributed by atoms with Gasteiger partial charge in [-0.1, -0.05) is 20.3 Å². The number of likely N-dealkylation sites (N-methyl/N-ethyl adjacent to an activating group) is 1. The summed E-state index contributed by atoms with van der Waals surface area (Å²) in [6, 6.07) is -1.11. The Bertz CT molecular complexity index is 512. The fraction of sp³-hybridized carbons (Fsp3) is 0.688. The molecule has 0 saturated heterocycles. The topological polar surface area (TPSA) is 134 Å². The van der Waals surface area contributed by atoms with E-state index in [9.17, 15) is 14.4 Å². The predicted octanol–water partition coefficient (Wildman–Crippen LogP) is -0.297. The second-order valence-corrected chi connectivity index (χ2v) is 6.15. The number of carbonyl (C=O) groups excluding carboxylic acids is 2. The summed E-state index contributed by atoms with van der Waals surface area (Å²) in [4.78, 5) is 34.4. The van der Waals surface area contributed by atoms with Gasteiger partial charge >= 0.3 is 5.97 Å². The highest BCUT2D eigenvalue weighted by Gasteiger charge is 2.31. The summed E-state index contributed by atoms with van der Waals surface area (Å²) < 4.78 is 0. The van der Waals surface area contributed by atoms with Crippen molar-refractivity contribution in [3.8, 4) is 0 Å². The average Bonchev–Trinajstić information content (AvgIpc) is 3.34. The summed E-state index contributed by atoms with van der Waals surface area (Å²) in [5.74, 6) is -1.76. The van der Waals surface area contributed by atoms with Crippen LogP contribution in [-0.4, -0.2) is 48.6 Å². The van der Waals surface area contributed by atoms with Crippen LogP contribution in [-0.2, 0) is 14.4 Å². The Morgan fingerprint density at radius 2 is 1.92 bits per heavy atom. The van der Waals surface area contributed by atoms with E-state index < -0.39 is 17.9 Å². The summed E-state index contributed by atoms with van der Waals surface area (Å²) in [6.45, 7) is 4.03. The van der Waals surface area contributed by atoms with Crippen LogP contribution >= 0.6 is 0 Å². The predicted molar refractivity (Wildman–Crippen MR) is 89.9 cm³/mol. The molecular formula is C16H28N4O4. The number of primary amides is 1. The number of amides is 2. The number of carboxylic acids is 1. The van der Waals surface area contributed by atoms with Gasteiger partial charge < -0.3 is 26.8 Å². The third-order valence-electron chi connectivity index (χ3n) is 4.20. The van der Waals surface area contributed by atoms with Gasteiger partial charge in [0, 0.05) is 5.70 Å². The third-order valence-corrected chi connectivity index (χ3v) is 4.20. The number of allylic oxidation sites excluding steroid dienone is 1. The number of carboxylic acid groups (broad SMARTS) is 1. The van der Waals surface area contributed by atoms with Crippen molar-refractivity contribution >= 4 is 17.8 Å². The number of carbonyl (C=O) groups is 3. The molecular weight excluding hydrogens is 312 g/mol. The Balaban J connectivity index is 2.91. The maximum absolute atomic E-state index is 12.4. The number of hydrogen-bond donors (Lipinski definition) is 5. The summed E-state index contributed by atoms with van der Waals surface area (Å²) in [6.07, 6.45) is 2.38. The average molecular weight is 340 g/mol. The zero-order valence-corrected chi connectivity index (χ0v) is 14.5. The van der Waals surface area contributed by atoms with Crippen molar-refractivity contribution in [2.75, 3.05) is 13.6 Å². The van der Waals surface area contributed by atoms with Crippen LogP contribution in [0.2, 0.25) is 0 Å². The van der Waals surface area contributed by atoms with E-state index in [0.29, 0.717) is 0 Å². The molecule has 1 fully saturated rings. The first-order valence-electron chi connectivity index (χ1n) is 8.23. The molecule has 1 aliphatic rings. The molecule has 0 aromatic heterocycles. The highest BCUT2D eigenvalue weighted by Crippen LogP contribution is 2.33. The van der Waals surface area contributed by atoms with Crippen LogP contribution in [0.1, 0.15) is 39.5 Å². The van der Waals surface area contributed by atoms with E-state index in [4.69, 9.17) is 10.8 Å². The monoisotopic (exact) mass is 340 g/mol. The molecule has 2 amide bonds. The van der Waals surface area contributed by atoms with Gasteiger partial charge in [-0.25, -0.2) is 0 Å². The smallest absolute Gasteiger partial charge is 0.305 e. The van der Waals surface area contributed by atoms with Crippen molar-refractivity contribution < 1.29 is 19.5 Å². The second-order valence-electron chi connectivity index (χ2n) is 6.15. The molecule has 0 heterocycles. The molecule has 0 aromatic rings. The zero-order chi connectivity index (χ0) is 18.3. The Hall–Kier alpha value is -2.09. The lowest BCUT2D eigenvalue weighted by Crippen LogP contribution is -2.52. The van der Waals surface area contributed by atoms with Crippen LogP contribution in [0.15, 0.2) is 11.3 Å². The van der Waals surface area contributed by atoms with Gasteiger partial charge in [0.05, 0.1) is 25.0 Å². The SMILES string of the molecule is CCC(C)C(NC(=O)C(CC(=O)O)NC)C(NCC(N)=O)=C1CC1. The first kappa shape index (κ1) is 20.0. The van der Waals surface area contributed by atoms with Gasteiger partial charge in [-0.2, -0.15) is 0 Å². The minimum atomic E-state index is -1.04. The second kappa shape index (κ2) is 9.27. The zero-order valence-electron chi connectivity index (χ0n) is 14.5. The molecule has 24 heavy (non-hydrogen) atoms. The van der Waals surface area contributed by atoms with Gasteiger partial charge in [0.2, 0.25) is 11.8 Å². The molecule has 1 aliphatic carbocycles. The Morgan fingerprint density at radius 3 is 2.33 bits per heavy atom. The van der Waals surface area contributed by atoms with Crippen molar-refractivity contribution in [2.45, 2.75) is 51.6 Å². The van der Waals surface area contributed by atoms with Crippen molar-refractivity contribution in [3.63, 3.8) is 0 Å². The number of aliphatic carboxylic acids is 1. The fourth-order valence-corrected chi connectivity index (χ4v) is 2.46. The maximum Gasteiger partial charge on any atom is 0.305 e. The minimum absolute atomic E-state index is 0.00617. The third kappa shape index (κ3) is 6.19. The van der Waals surface area contributed by atoms with Gasteiger partial charge in [-0.15, -0.1) is 0 Å². The molecule has 1 rings (SSSR count). The van der Waals surface area contributed by atoms with Gasteiger partial charge in [-0.05, 0) is 31.4 Å². The van der Waals surface area contributed by atoms with E-state index in [0.717, 1.165) is 25.0 Å². The van der Waals surface area contributed by atoms with Gasteiger partial charge in [0.1, 0.15) is 0 Å². The summed E-state index contributed by atoms with van der Waals surface area (Å²) in [5, 5.41) is 17.6. The van der Waals surface area contributed by atoms with E-state index in [1.54, 1.807) is 7.05 Å². The number of nitrogens with one attached hydrogen (secondary N) is 3. The lowest BCUT2D eigenvalue weighted by Gasteiger charge is -2.29.